The Labute approximate surface area is 174 Å². The van der Waals surface area contributed by atoms with E-state index < -0.39 is 5.54 Å². The molecule has 0 unspecified atom stereocenters. The molecule has 1 aromatic heterocycles. The van der Waals surface area contributed by atoms with Crippen LogP contribution in [0.1, 0.15) is 49.8 Å². The van der Waals surface area contributed by atoms with Gasteiger partial charge < -0.3 is 15.2 Å². The van der Waals surface area contributed by atoms with Crippen molar-refractivity contribution in [3.8, 4) is 6.07 Å². The predicted molar refractivity (Wildman–Crippen MR) is 109 cm³/mol. The van der Waals surface area contributed by atoms with Crippen molar-refractivity contribution < 1.29 is 14.0 Å². The fourth-order valence-corrected chi connectivity index (χ4v) is 5.08. The van der Waals surface area contributed by atoms with Gasteiger partial charge in [-0.1, -0.05) is 25.0 Å². The van der Waals surface area contributed by atoms with E-state index >= 15 is 0 Å². The van der Waals surface area contributed by atoms with Crippen LogP contribution in [0, 0.1) is 29.0 Å². The van der Waals surface area contributed by atoms with Gasteiger partial charge in [-0.25, -0.2) is 4.39 Å². The largest absolute Gasteiger partial charge is 0.356 e. The summed E-state index contributed by atoms with van der Waals surface area (Å²) in [7, 11) is 0. The standard InChI is InChI=1S/C23H25FN4O2/c24-18-7-3-6-14-17-12-28(11-8-19(17)26-20(14)18)22(30)16-5-2-1-4-15(16)21(29)27-23(13-25)9-10-23/h3,6-7,15-16,26H,1-2,4-5,8-12H2,(H,27,29)/t15-,16-/m1/s1. The van der Waals surface area contributed by atoms with Gasteiger partial charge in [0.2, 0.25) is 11.8 Å². The molecule has 156 valence electrons. The molecule has 2 N–H and O–H groups in total. The van der Waals surface area contributed by atoms with E-state index in [1.165, 1.54) is 6.07 Å². The molecule has 30 heavy (non-hydrogen) atoms. The van der Waals surface area contributed by atoms with E-state index in [0.29, 0.717) is 50.7 Å². The normalized spacial score (nSPS) is 24.7. The van der Waals surface area contributed by atoms with E-state index in [1.54, 1.807) is 6.07 Å². The molecule has 0 saturated heterocycles. The molecule has 2 heterocycles. The van der Waals surface area contributed by atoms with Gasteiger partial charge in [-0.05, 0) is 31.7 Å². The van der Waals surface area contributed by atoms with Crippen LogP contribution in [0.3, 0.4) is 0 Å². The molecule has 1 aromatic carbocycles. The summed E-state index contributed by atoms with van der Waals surface area (Å²) < 4.78 is 14.1. The Morgan fingerprint density at radius 2 is 2.00 bits per heavy atom. The zero-order valence-electron chi connectivity index (χ0n) is 16.8. The number of aromatic nitrogens is 1. The Balaban J connectivity index is 1.36. The number of nitrogens with zero attached hydrogens (tertiary/aromatic N) is 2. The first-order valence-electron chi connectivity index (χ1n) is 10.8. The Morgan fingerprint density at radius 3 is 2.73 bits per heavy atom. The molecule has 0 bridgehead atoms. The smallest absolute Gasteiger partial charge is 0.226 e. The van der Waals surface area contributed by atoms with Crippen molar-refractivity contribution in [3.05, 3.63) is 35.3 Å². The van der Waals surface area contributed by atoms with Crippen molar-refractivity contribution in [1.82, 2.24) is 15.2 Å². The summed E-state index contributed by atoms with van der Waals surface area (Å²) in [4.78, 5) is 31.4. The van der Waals surface area contributed by atoms with Gasteiger partial charge in [-0.3, -0.25) is 9.59 Å². The number of nitrogens with one attached hydrogen (secondary N) is 2. The lowest BCUT2D eigenvalue weighted by Crippen LogP contribution is -2.48. The first-order valence-corrected chi connectivity index (χ1v) is 10.8. The average molecular weight is 408 g/mol. The molecule has 0 spiro atoms. The van der Waals surface area contributed by atoms with Gasteiger partial charge in [0, 0.05) is 48.0 Å². The lowest BCUT2D eigenvalue weighted by atomic mass is 9.77. The van der Waals surface area contributed by atoms with Gasteiger partial charge in [0.05, 0.1) is 11.6 Å². The Hall–Kier alpha value is -2.88. The number of benzene rings is 1. The van der Waals surface area contributed by atoms with Crippen LogP contribution in [-0.2, 0) is 22.6 Å². The molecule has 3 aliphatic rings. The average Bonchev–Trinajstić information content (AvgIpc) is 3.44. The van der Waals surface area contributed by atoms with E-state index in [2.05, 4.69) is 16.4 Å². The quantitative estimate of drug-likeness (QED) is 0.818. The minimum Gasteiger partial charge on any atom is -0.356 e. The van der Waals surface area contributed by atoms with E-state index in [9.17, 15) is 19.2 Å². The van der Waals surface area contributed by atoms with Crippen LogP contribution >= 0.6 is 0 Å². The minimum atomic E-state index is -0.712. The molecule has 2 aliphatic carbocycles. The van der Waals surface area contributed by atoms with E-state index in [4.69, 9.17) is 0 Å². The van der Waals surface area contributed by atoms with Gasteiger partial charge in [-0.15, -0.1) is 0 Å². The van der Waals surface area contributed by atoms with Crippen molar-refractivity contribution in [2.45, 2.75) is 57.0 Å². The van der Waals surface area contributed by atoms with Gasteiger partial charge in [-0.2, -0.15) is 5.26 Å². The summed E-state index contributed by atoms with van der Waals surface area (Å²) in [6.07, 6.45) is 5.26. The van der Waals surface area contributed by atoms with Crippen LogP contribution in [0.4, 0.5) is 4.39 Å². The zero-order valence-corrected chi connectivity index (χ0v) is 16.8. The number of para-hydroxylation sites is 1. The van der Waals surface area contributed by atoms with Crippen molar-refractivity contribution in [1.29, 1.82) is 5.26 Å². The highest BCUT2D eigenvalue weighted by Crippen LogP contribution is 2.38. The first-order chi connectivity index (χ1) is 14.5. The summed E-state index contributed by atoms with van der Waals surface area (Å²) in [6, 6.07) is 7.21. The summed E-state index contributed by atoms with van der Waals surface area (Å²) in [6.45, 7) is 0.998. The van der Waals surface area contributed by atoms with E-state index in [1.807, 2.05) is 11.0 Å². The van der Waals surface area contributed by atoms with Gasteiger partial charge in [0.15, 0.2) is 0 Å². The fraction of sp³-hybridized carbons (Fsp3) is 0.522. The third-order valence-corrected chi connectivity index (χ3v) is 7.02. The molecule has 7 heteroatoms. The maximum atomic E-state index is 14.1. The lowest BCUT2D eigenvalue weighted by Gasteiger charge is -2.36. The lowest BCUT2D eigenvalue weighted by molar-refractivity contribution is -0.144. The van der Waals surface area contributed by atoms with Crippen molar-refractivity contribution >= 4 is 22.7 Å². The third kappa shape index (κ3) is 3.15. The second-order valence-electron chi connectivity index (χ2n) is 8.93. The SMILES string of the molecule is N#CC1(NC(=O)[C@@H]2CCCC[C@H]2C(=O)N2CCc3[nH]c4c(F)cccc4c3C2)CC1. The molecule has 2 atom stereocenters. The molecular formula is C23H25FN4O2. The Morgan fingerprint density at radius 1 is 1.23 bits per heavy atom. The third-order valence-electron chi connectivity index (χ3n) is 7.02. The highest BCUT2D eigenvalue weighted by molar-refractivity contribution is 5.90. The zero-order chi connectivity index (χ0) is 20.9. The number of amides is 2. The van der Waals surface area contributed by atoms with Crippen molar-refractivity contribution in [2.24, 2.45) is 11.8 Å². The number of carbonyl (C=O) groups is 2. The summed E-state index contributed by atoms with van der Waals surface area (Å²) in [5.41, 5.74) is 1.75. The molecule has 5 rings (SSSR count). The topological polar surface area (TPSA) is 89.0 Å². The molecule has 2 amide bonds. The number of carbonyl (C=O) groups excluding carboxylic acids is 2. The van der Waals surface area contributed by atoms with E-state index in [0.717, 1.165) is 29.5 Å². The maximum absolute atomic E-state index is 14.1. The molecule has 2 saturated carbocycles. The number of fused-ring (bicyclic) bond motifs is 3. The van der Waals surface area contributed by atoms with Crippen LogP contribution in [0.5, 0.6) is 0 Å². The van der Waals surface area contributed by atoms with Gasteiger partial charge in [0.1, 0.15) is 11.4 Å². The van der Waals surface area contributed by atoms with Gasteiger partial charge in [0.25, 0.3) is 0 Å². The summed E-state index contributed by atoms with van der Waals surface area (Å²) in [5, 5.41) is 13.0. The maximum Gasteiger partial charge on any atom is 0.226 e. The molecule has 6 nitrogen and oxygen atoms in total. The number of hydrogen-bond donors (Lipinski definition) is 2. The second-order valence-corrected chi connectivity index (χ2v) is 8.93. The van der Waals surface area contributed by atoms with Gasteiger partial charge >= 0.3 is 0 Å². The van der Waals surface area contributed by atoms with E-state index in [-0.39, 0.29) is 29.5 Å². The van der Waals surface area contributed by atoms with Crippen LogP contribution in [-0.4, -0.2) is 33.8 Å². The number of halogens is 1. The first kappa shape index (κ1) is 19.1. The molecule has 0 radical (unpaired) electrons. The van der Waals surface area contributed by atoms with Crippen molar-refractivity contribution in [3.63, 3.8) is 0 Å². The summed E-state index contributed by atoms with van der Waals surface area (Å²) in [5.74, 6) is -1.15. The molecule has 2 fully saturated rings. The minimum absolute atomic E-state index is 0.00746. The number of H-pyrrole nitrogens is 1. The Bertz CT molecular complexity index is 1070. The molecular weight excluding hydrogens is 383 g/mol. The highest BCUT2D eigenvalue weighted by Gasteiger charge is 2.47. The number of aromatic amines is 1. The monoisotopic (exact) mass is 408 g/mol. The fourth-order valence-electron chi connectivity index (χ4n) is 5.08. The molecule has 2 aromatic rings. The summed E-state index contributed by atoms with van der Waals surface area (Å²) >= 11 is 0. The second kappa shape index (κ2) is 7.12. The predicted octanol–water partition coefficient (Wildman–Crippen LogP) is 3.17. The molecule has 1 aliphatic heterocycles. The van der Waals surface area contributed by atoms with Crippen LogP contribution in [0.25, 0.3) is 10.9 Å². The van der Waals surface area contributed by atoms with Crippen LogP contribution in [0.15, 0.2) is 18.2 Å². The number of nitriles is 1. The number of hydrogen-bond acceptors (Lipinski definition) is 3. The van der Waals surface area contributed by atoms with Crippen molar-refractivity contribution in [2.75, 3.05) is 6.54 Å². The van der Waals surface area contributed by atoms with Crippen LogP contribution < -0.4 is 5.32 Å². The highest BCUT2D eigenvalue weighted by atomic mass is 19.1. The Kier molecular flexibility index (Phi) is 4.53. The number of rotatable bonds is 3. The van der Waals surface area contributed by atoms with Crippen LogP contribution in [0.2, 0.25) is 0 Å².